The molecule has 1 aromatic rings. The molecular formula is C14H22BrNOS. The highest BCUT2D eigenvalue weighted by molar-refractivity contribution is 9.09. The Morgan fingerprint density at radius 1 is 1.44 bits per heavy atom. The largest absolute Gasteiger partial charge is 0.351 e. The number of aryl methyl sites for hydroxylation is 1. The lowest BCUT2D eigenvalue weighted by Gasteiger charge is -2.24. The second-order valence-electron chi connectivity index (χ2n) is 5.26. The maximum atomic E-state index is 12.0. The van der Waals surface area contributed by atoms with Crippen LogP contribution in [0.4, 0.5) is 0 Å². The molecule has 0 unspecified atom stereocenters. The second-order valence-corrected chi connectivity index (χ2v) is 7.22. The zero-order chi connectivity index (χ0) is 13.6. The number of hydrogen-bond donors (Lipinski definition) is 1. The van der Waals surface area contributed by atoms with Gasteiger partial charge in [0.05, 0.1) is 4.88 Å². The second kappa shape index (κ2) is 7.29. The fourth-order valence-electron chi connectivity index (χ4n) is 1.73. The number of hydrogen-bond acceptors (Lipinski definition) is 2. The van der Waals surface area contributed by atoms with Gasteiger partial charge in [-0.25, -0.2) is 0 Å². The van der Waals surface area contributed by atoms with Crippen LogP contribution in [0.15, 0.2) is 12.1 Å². The summed E-state index contributed by atoms with van der Waals surface area (Å²) in [4.78, 5) is 14.1. The van der Waals surface area contributed by atoms with Crippen LogP contribution in [-0.2, 0) is 6.42 Å². The van der Waals surface area contributed by atoms with E-state index in [1.807, 2.05) is 12.1 Å². The zero-order valence-electron chi connectivity index (χ0n) is 11.4. The summed E-state index contributed by atoms with van der Waals surface area (Å²) in [6.45, 7) is 7.23. The molecule has 0 radical (unpaired) electrons. The standard InChI is InChI=1S/C14H22BrNOS/c1-4-11-6-7-12(18-11)13(17)16-10-14(2,3)8-5-9-15/h6-7H,4-5,8-10H2,1-3H3,(H,16,17). The van der Waals surface area contributed by atoms with Crippen LogP contribution in [0.1, 0.15) is 48.2 Å². The number of nitrogens with one attached hydrogen (secondary N) is 1. The molecule has 0 saturated heterocycles. The first kappa shape index (κ1) is 15.7. The number of rotatable bonds is 7. The van der Waals surface area contributed by atoms with Crippen LogP contribution in [0.25, 0.3) is 0 Å². The molecule has 102 valence electrons. The molecule has 1 rings (SSSR count). The molecule has 4 heteroatoms. The van der Waals surface area contributed by atoms with Crippen LogP contribution in [0.2, 0.25) is 0 Å². The van der Waals surface area contributed by atoms with Gasteiger partial charge in [0, 0.05) is 16.8 Å². The minimum atomic E-state index is 0.0617. The van der Waals surface area contributed by atoms with Crippen molar-refractivity contribution in [3.63, 3.8) is 0 Å². The highest BCUT2D eigenvalue weighted by atomic mass is 79.9. The fourth-order valence-corrected chi connectivity index (χ4v) is 2.87. The lowest BCUT2D eigenvalue weighted by atomic mass is 9.88. The first-order valence-electron chi connectivity index (χ1n) is 6.41. The Labute approximate surface area is 122 Å². The Kier molecular flexibility index (Phi) is 6.36. The molecule has 0 aliphatic heterocycles. The van der Waals surface area contributed by atoms with Crippen LogP contribution < -0.4 is 5.32 Å². The lowest BCUT2D eigenvalue weighted by Crippen LogP contribution is -2.33. The Bertz CT molecular complexity index is 387. The summed E-state index contributed by atoms with van der Waals surface area (Å²) in [5, 5.41) is 4.06. The van der Waals surface area contributed by atoms with Crippen LogP contribution in [-0.4, -0.2) is 17.8 Å². The van der Waals surface area contributed by atoms with E-state index >= 15 is 0 Å². The van der Waals surface area contributed by atoms with Crippen molar-refractivity contribution < 1.29 is 4.79 Å². The summed E-state index contributed by atoms with van der Waals surface area (Å²) < 4.78 is 0. The van der Waals surface area contributed by atoms with Gasteiger partial charge in [0.2, 0.25) is 0 Å². The molecular weight excluding hydrogens is 310 g/mol. The van der Waals surface area contributed by atoms with Gasteiger partial charge in [-0.15, -0.1) is 11.3 Å². The predicted octanol–water partition coefficient (Wildman–Crippen LogP) is 4.24. The van der Waals surface area contributed by atoms with Gasteiger partial charge in [0.25, 0.3) is 5.91 Å². The van der Waals surface area contributed by atoms with E-state index < -0.39 is 0 Å². The Balaban J connectivity index is 2.45. The first-order valence-corrected chi connectivity index (χ1v) is 8.35. The molecule has 0 fully saturated rings. The first-order chi connectivity index (χ1) is 8.48. The summed E-state index contributed by atoms with van der Waals surface area (Å²) in [5.74, 6) is 0.0617. The Morgan fingerprint density at radius 3 is 2.72 bits per heavy atom. The van der Waals surface area contributed by atoms with Crippen molar-refractivity contribution in [3.05, 3.63) is 21.9 Å². The molecule has 1 amide bonds. The highest BCUT2D eigenvalue weighted by Crippen LogP contribution is 2.22. The maximum absolute atomic E-state index is 12.0. The van der Waals surface area contributed by atoms with E-state index in [0.717, 1.165) is 36.0 Å². The van der Waals surface area contributed by atoms with E-state index in [-0.39, 0.29) is 11.3 Å². The average molecular weight is 332 g/mol. The van der Waals surface area contributed by atoms with Crippen molar-refractivity contribution in [1.29, 1.82) is 0 Å². The van der Waals surface area contributed by atoms with Crippen molar-refractivity contribution in [3.8, 4) is 0 Å². The van der Waals surface area contributed by atoms with Crippen LogP contribution in [0, 0.1) is 5.41 Å². The quantitative estimate of drug-likeness (QED) is 0.744. The van der Waals surface area contributed by atoms with Gasteiger partial charge in [-0.1, -0.05) is 36.7 Å². The van der Waals surface area contributed by atoms with E-state index in [1.54, 1.807) is 11.3 Å². The number of amides is 1. The SMILES string of the molecule is CCc1ccc(C(=O)NCC(C)(C)CCCBr)s1. The maximum Gasteiger partial charge on any atom is 0.261 e. The van der Waals surface area contributed by atoms with Gasteiger partial charge in [0.1, 0.15) is 0 Å². The van der Waals surface area contributed by atoms with Gasteiger partial charge >= 0.3 is 0 Å². The monoisotopic (exact) mass is 331 g/mol. The summed E-state index contributed by atoms with van der Waals surface area (Å²) in [6.07, 6.45) is 3.25. The fraction of sp³-hybridized carbons (Fsp3) is 0.643. The van der Waals surface area contributed by atoms with Gasteiger partial charge in [-0.05, 0) is 36.8 Å². The number of carbonyl (C=O) groups is 1. The van der Waals surface area contributed by atoms with Gasteiger partial charge < -0.3 is 5.32 Å². The molecule has 0 aliphatic rings. The molecule has 0 saturated carbocycles. The van der Waals surface area contributed by atoms with Crippen molar-refractivity contribution in [2.24, 2.45) is 5.41 Å². The Hall–Kier alpha value is -0.350. The normalized spacial score (nSPS) is 11.6. The number of thiophene rings is 1. The molecule has 0 bridgehead atoms. The lowest BCUT2D eigenvalue weighted by molar-refractivity contribution is 0.0938. The third kappa shape index (κ3) is 5.11. The third-order valence-electron chi connectivity index (χ3n) is 2.95. The van der Waals surface area contributed by atoms with Crippen molar-refractivity contribution in [1.82, 2.24) is 5.32 Å². The molecule has 0 atom stereocenters. The zero-order valence-corrected chi connectivity index (χ0v) is 13.8. The van der Waals surface area contributed by atoms with Crippen molar-refractivity contribution in [2.75, 3.05) is 11.9 Å². The highest BCUT2D eigenvalue weighted by Gasteiger charge is 2.19. The van der Waals surface area contributed by atoms with Crippen molar-refractivity contribution >= 4 is 33.2 Å². The van der Waals surface area contributed by atoms with Gasteiger partial charge in [-0.2, -0.15) is 0 Å². The minimum Gasteiger partial charge on any atom is -0.351 e. The summed E-state index contributed by atoms with van der Waals surface area (Å²) >= 11 is 5.03. The van der Waals surface area contributed by atoms with E-state index in [4.69, 9.17) is 0 Å². The van der Waals surface area contributed by atoms with Gasteiger partial charge in [0.15, 0.2) is 0 Å². The van der Waals surface area contributed by atoms with Crippen molar-refractivity contribution in [2.45, 2.75) is 40.0 Å². The Morgan fingerprint density at radius 2 is 2.17 bits per heavy atom. The third-order valence-corrected chi connectivity index (χ3v) is 4.74. The summed E-state index contributed by atoms with van der Waals surface area (Å²) in [7, 11) is 0. The van der Waals surface area contributed by atoms with E-state index in [2.05, 4.69) is 42.0 Å². The molecule has 0 aliphatic carbocycles. The summed E-state index contributed by atoms with van der Waals surface area (Å²) in [5.41, 5.74) is 0.161. The smallest absolute Gasteiger partial charge is 0.261 e. The van der Waals surface area contributed by atoms with E-state index in [9.17, 15) is 4.79 Å². The van der Waals surface area contributed by atoms with Crippen LogP contribution in [0.5, 0.6) is 0 Å². The molecule has 18 heavy (non-hydrogen) atoms. The molecule has 0 spiro atoms. The molecule has 1 heterocycles. The predicted molar refractivity (Wildman–Crippen MR) is 82.8 cm³/mol. The van der Waals surface area contributed by atoms with Crippen LogP contribution in [0.3, 0.4) is 0 Å². The number of alkyl halides is 1. The minimum absolute atomic E-state index is 0.0617. The van der Waals surface area contributed by atoms with Gasteiger partial charge in [-0.3, -0.25) is 4.79 Å². The van der Waals surface area contributed by atoms with E-state index in [0.29, 0.717) is 0 Å². The number of halogens is 1. The van der Waals surface area contributed by atoms with E-state index in [1.165, 1.54) is 4.88 Å². The molecule has 1 N–H and O–H groups in total. The average Bonchev–Trinajstić information content (AvgIpc) is 2.82. The summed E-state index contributed by atoms with van der Waals surface area (Å²) in [6, 6.07) is 3.96. The molecule has 2 nitrogen and oxygen atoms in total. The molecule has 1 aromatic heterocycles. The molecule has 0 aromatic carbocycles. The topological polar surface area (TPSA) is 29.1 Å². The van der Waals surface area contributed by atoms with Crippen LogP contribution >= 0.6 is 27.3 Å². The number of carbonyl (C=O) groups excluding carboxylic acids is 1.